The van der Waals surface area contributed by atoms with Gasteiger partial charge in [-0.2, -0.15) is 0 Å². The van der Waals surface area contributed by atoms with E-state index in [1.165, 1.54) is 5.56 Å². The second-order valence-corrected chi connectivity index (χ2v) is 7.80. The first kappa shape index (κ1) is 18.0. The van der Waals surface area contributed by atoms with E-state index < -0.39 is 0 Å². The van der Waals surface area contributed by atoms with E-state index >= 15 is 0 Å². The van der Waals surface area contributed by atoms with Crippen molar-refractivity contribution < 1.29 is 0 Å². The summed E-state index contributed by atoms with van der Waals surface area (Å²) in [6.45, 7) is 18.4. The number of rotatable bonds is 7. The Balaban J connectivity index is 2.87. The van der Waals surface area contributed by atoms with E-state index in [4.69, 9.17) is 4.98 Å². The van der Waals surface area contributed by atoms with E-state index in [0.717, 1.165) is 31.1 Å². The summed E-state index contributed by atoms with van der Waals surface area (Å²) in [6.07, 6.45) is 0. The first-order chi connectivity index (χ1) is 9.68. The van der Waals surface area contributed by atoms with Crippen LogP contribution in [0.15, 0.2) is 12.1 Å². The van der Waals surface area contributed by atoms with Gasteiger partial charge in [0.2, 0.25) is 0 Å². The lowest BCUT2D eigenvalue weighted by Crippen LogP contribution is -2.21. The fourth-order valence-electron chi connectivity index (χ4n) is 1.98. The molecular formula is C18H33N3. The lowest BCUT2D eigenvalue weighted by atomic mass is 9.90. The van der Waals surface area contributed by atoms with Gasteiger partial charge in [-0.25, -0.2) is 4.98 Å². The summed E-state index contributed by atoms with van der Waals surface area (Å²) in [5.74, 6) is 2.29. The molecule has 3 heteroatoms. The highest BCUT2D eigenvalue weighted by Gasteiger charge is 2.17. The molecule has 2 N–H and O–H groups in total. The topological polar surface area (TPSA) is 37.0 Å². The van der Waals surface area contributed by atoms with Crippen LogP contribution in [-0.2, 0) is 12.0 Å². The third-order valence-corrected chi connectivity index (χ3v) is 3.23. The molecule has 0 unspecified atom stereocenters. The van der Waals surface area contributed by atoms with Crippen LogP contribution in [0.4, 0.5) is 5.82 Å². The number of aromatic nitrogens is 1. The van der Waals surface area contributed by atoms with E-state index in [-0.39, 0.29) is 5.41 Å². The van der Waals surface area contributed by atoms with E-state index in [1.807, 2.05) is 0 Å². The van der Waals surface area contributed by atoms with Gasteiger partial charge in [-0.15, -0.1) is 0 Å². The summed E-state index contributed by atoms with van der Waals surface area (Å²) >= 11 is 0. The zero-order chi connectivity index (χ0) is 16.0. The average molecular weight is 291 g/mol. The molecule has 0 aliphatic heterocycles. The van der Waals surface area contributed by atoms with Crippen molar-refractivity contribution in [3.63, 3.8) is 0 Å². The van der Waals surface area contributed by atoms with Crippen LogP contribution in [0, 0.1) is 11.8 Å². The van der Waals surface area contributed by atoms with Crippen molar-refractivity contribution >= 4 is 5.82 Å². The molecule has 21 heavy (non-hydrogen) atoms. The highest BCUT2D eigenvalue weighted by Crippen LogP contribution is 2.23. The Labute approximate surface area is 130 Å². The van der Waals surface area contributed by atoms with Crippen molar-refractivity contribution in [2.24, 2.45) is 11.8 Å². The second kappa shape index (κ2) is 7.79. The van der Waals surface area contributed by atoms with Crippen molar-refractivity contribution in [2.45, 2.75) is 60.4 Å². The minimum absolute atomic E-state index is 0.0717. The molecule has 120 valence electrons. The number of anilines is 1. The fraction of sp³-hybridized carbons (Fsp3) is 0.722. The van der Waals surface area contributed by atoms with E-state index in [0.29, 0.717) is 11.8 Å². The number of nitrogens with zero attached hydrogens (tertiary/aromatic N) is 1. The van der Waals surface area contributed by atoms with Crippen molar-refractivity contribution in [1.29, 1.82) is 0 Å². The summed E-state index contributed by atoms with van der Waals surface area (Å²) < 4.78 is 0. The molecule has 0 aliphatic rings. The first-order valence-corrected chi connectivity index (χ1v) is 8.14. The van der Waals surface area contributed by atoms with E-state index in [2.05, 4.69) is 71.2 Å². The van der Waals surface area contributed by atoms with Gasteiger partial charge in [0, 0.05) is 24.2 Å². The monoisotopic (exact) mass is 291 g/mol. The third-order valence-electron chi connectivity index (χ3n) is 3.23. The maximum atomic E-state index is 4.78. The molecule has 0 saturated carbocycles. The van der Waals surface area contributed by atoms with Crippen LogP contribution in [0.2, 0.25) is 0 Å². The molecule has 1 heterocycles. The predicted molar refractivity (Wildman–Crippen MR) is 92.8 cm³/mol. The van der Waals surface area contributed by atoms with Gasteiger partial charge in [0.1, 0.15) is 5.82 Å². The van der Waals surface area contributed by atoms with Gasteiger partial charge in [0.25, 0.3) is 0 Å². The third kappa shape index (κ3) is 6.94. The molecule has 1 aromatic rings. The van der Waals surface area contributed by atoms with Crippen molar-refractivity contribution in [3.05, 3.63) is 23.4 Å². The lowest BCUT2D eigenvalue weighted by Gasteiger charge is -2.21. The molecule has 1 rings (SSSR count). The Morgan fingerprint density at radius 3 is 2.14 bits per heavy atom. The van der Waals surface area contributed by atoms with Crippen LogP contribution in [0.1, 0.15) is 59.7 Å². The minimum atomic E-state index is 0.0717. The Morgan fingerprint density at radius 1 is 1.00 bits per heavy atom. The highest BCUT2D eigenvalue weighted by atomic mass is 15.0. The van der Waals surface area contributed by atoms with Crippen molar-refractivity contribution in [2.75, 3.05) is 18.4 Å². The zero-order valence-corrected chi connectivity index (χ0v) is 14.9. The summed E-state index contributed by atoms with van der Waals surface area (Å²) in [5.41, 5.74) is 2.53. The van der Waals surface area contributed by atoms with Gasteiger partial charge in [-0.3, -0.25) is 0 Å². The van der Waals surface area contributed by atoms with Crippen molar-refractivity contribution in [3.8, 4) is 0 Å². The summed E-state index contributed by atoms with van der Waals surface area (Å²) in [4.78, 5) is 4.78. The fourth-order valence-corrected chi connectivity index (χ4v) is 1.98. The quantitative estimate of drug-likeness (QED) is 0.791. The molecule has 0 atom stereocenters. The molecular weight excluding hydrogens is 258 g/mol. The Bertz CT molecular complexity index is 431. The molecule has 0 fully saturated rings. The van der Waals surface area contributed by atoms with E-state index in [1.54, 1.807) is 0 Å². The van der Waals surface area contributed by atoms with Gasteiger partial charge in [0.05, 0.1) is 0 Å². The zero-order valence-electron chi connectivity index (χ0n) is 14.9. The first-order valence-electron chi connectivity index (χ1n) is 8.14. The number of hydrogen-bond donors (Lipinski definition) is 2. The van der Waals surface area contributed by atoms with Crippen LogP contribution in [0.25, 0.3) is 0 Å². The Morgan fingerprint density at radius 2 is 1.62 bits per heavy atom. The number of nitrogens with one attached hydrogen (secondary N) is 2. The largest absolute Gasteiger partial charge is 0.370 e. The second-order valence-electron chi connectivity index (χ2n) is 7.80. The molecule has 0 radical (unpaired) electrons. The lowest BCUT2D eigenvalue weighted by molar-refractivity contribution is 0.546. The summed E-state index contributed by atoms with van der Waals surface area (Å²) in [6, 6.07) is 4.40. The smallest absolute Gasteiger partial charge is 0.126 e. The predicted octanol–water partition coefficient (Wildman–Crippen LogP) is 4.19. The van der Waals surface area contributed by atoms with Crippen LogP contribution < -0.4 is 10.6 Å². The Kier molecular flexibility index (Phi) is 6.66. The van der Waals surface area contributed by atoms with Crippen molar-refractivity contribution in [1.82, 2.24) is 10.3 Å². The summed E-state index contributed by atoms with van der Waals surface area (Å²) in [7, 11) is 0. The van der Waals surface area contributed by atoms with Crippen LogP contribution in [-0.4, -0.2) is 18.1 Å². The Hall–Kier alpha value is -1.09. The number of pyridine rings is 1. The van der Waals surface area contributed by atoms with Gasteiger partial charge >= 0.3 is 0 Å². The molecule has 0 spiro atoms. The molecule has 0 aliphatic carbocycles. The molecule has 0 aromatic carbocycles. The number of hydrogen-bond acceptors (Lipinski definition) is 3. The minimum Gasteiger partial charge on any atom is -0.370 e. The van der Waals surface area contributed by atoms with Crippen LogP contribution in [0.5, 0.6) is 0 Å². The van der Waals surface area contributed by atoms with Crippen LogP contribution >= 0.6 is 0 Å². The average Bonchev–Trinajstić information content (AvgIpc) is 2.34. The standard InChI is InChI=1S/C18H33N3/c1-13(2)10-19-12-15-8-16(18(5,6)7)21-17(9-15)20-11-14(3)4/h8-9,13-14,19H,10-12H2,1-7H3,(H,20,21). The molecule has 3 nitrogen and oxygen atoms in total. The molecule has 0 bridgehead atoms. The van der Waals surface area contributed by atoms with Crippen LogP contribution in [0.3, 0.4) is 0 Å². The van der Waals surface area contributed by atoms with Gasteiger partial charge < -0.3 is 10.6 Å². The van der Waals surface area contributed by atoms with Gasteiger partial charge in [-0.1, -0.05) is 48.5 Å². The normalized spacial score (nSPS) is 12.2. The maximum Gasteiger partial charge on any atom is 0.126 e. The van der Waals surface area contributed by atoms with Gasteiger partial charge in [0.15, 0.2) is 0 Å². The SMILES string of the molecule is CC(C)CNCc1cc(NCC(C)C)nc(C(C)(C)C)c1. The molecule has 1 aromatic heterocycles. The highest BCUT2D eigenvalue weighted by molar-refractivity contribution is 5.41. The summed E-state index contributed by atoms with van der Waals surface area (Å²) in [5, 5.41) is 6.97. The molecule has 0 amide bonds. The molecule has 0 saturated heterocycles. The van der Waals surface area contributed by atoms with Gasteiger partial charge in [-0.05, 0) is 36.1 Å². The maximum absolute atomic E-state index is 4.78. The van der Waals surface area contributed by atoms with E-state index in [9.17, 15) is 0 Å².